The predicted octanol–water partition coefficient (Wildman–Crippen LogP) is 4.70. The Labute approximate surface area is 164 Å². The summed E-state index contributed by atoms with van der Waals surface area (Å²) in [7, 11) is 0. The van der Waals surface area contributed by atoms with Crippen LogP contribution in [0.1, 0.15) is 6.92 Å². The van der Waals surface area contributed by atoms with E-state index in [1.54, 1.807) is 36.8 Å². The third-order valence-electron chi connectivity index (χ3n) is 4.08. The molecule has 1 aromatic carbocycles. The fourth-order valence-corrected chi connectivity index (χ4v) is 3.83. The number of pyridine rings is 2. The van der Waals surface area contributed by atoms with Crippen LogP contribution in [0.15, 0.2) is 55.0 Å². The monoisotopic (exact) mass is 393 g/mol. The Morgan fingerprint density at radius 1 is 1.18 bits per heavy atom. The van der Waals surface area contributed by atoms with Crippen LogP contribution in [0, 0.1) is 5.82 Å². The van der Waals surface area contributed by atoms with Gasteiger partial charge in [-0.05, 0) is 31.2 Å². The third kappa shape index (κ3) is 3.41. The second-order valence-corrected chi connectivity index (χ2v) is 6.92. The van der Waals surface area contributed by atoms with Crippen molar-refractivity contribution in [2.24, 2.45) is 0 Å². The summed E-state index contributed by atoms with van der Waals surface area (Å²) in [5.74, 6) is -0.456. The lowest BCUT2D eigenvalue weighted by Gasteiger charge is -2.08. The van der Waals surface area contributed by atoms with Crippen molar-refractivity contribution in [3.05, 3.63) is 60.8 Å². The molecule has 0 saturated heterocycles. The van der Waals surface area contributed by atoms with Gasteiger partial charge in [0.1, 0.15) is 5.52 Å². The van der Waals surface area contributed by atoms with Crippen molar-refractivity contribution in [2.45, 2.75) is 6.92 Å². The minimum atomic E-state index is -0.456. The number of halogens is 1. The van der Waals surface area contributed by atoms with Crippen molar-refractivity contribution in [1.29, 1.82) is 0 Å². The molecule has 6 nitrogen and oxygen atoms in total. The summed E-state index contributed by atoms with van der Waals surface area (Å²) in [6, 6.07) is 10.5. The number of carbonyl (C=O) groups is 1. The molecule has 0 spiro atoms. The number of carbonyl (C=O) groups excluding carboxylic acids is 1. The second kappa shape index (κ2) is 7.69. The van der Waals surface area contributed by atoms with E-state index in [2.05, 4.69) is 25.6 Å². The fraction of sp³-hybridized carbons (Fsp3) is 0.100. The summed E-state index contributed by atoms with van der Waals surface area (Å²) >= 11 is 1.21. The molecule has 0 aliphatic heterocycles. The molecule has 8 heteroatoms. The number of aromatic nitrogens is 3. The van der Waals surface area contributed by atoms with E-state index in [0.29, 0.717) is 33.2 Å². The number of fused-ring (bicyclic) bond motifs is 1. The zero-order valence-electron chi connectivity index (χ0n) is 14.9. The predicted molar refractivity (Wildman–Crippen MR) is 109 cm³/mol. The molecule has 3 heterocycles. The van der Waals surface area contributed by atoms with Crippen LogP contribution in [0.5, 0.6) is 0 Å². The minimum absolute atomic E-state index is 0.193. The molecular formula is C20H16FN5OS. The molecule has 140 valence electrons. The van der Waals surface area contributed by atoms with Crippen LogP contribution in [0.4, 0.5) is 14.3 Å². The van der Waals surface area contributed by atoms with Gasteiger partial charge < -0.3 is 5.32 Å². The van der Waals surface area contributed by atoms with Gasteiger partial charge in [0.2, 0.25) is 0 Å². The van der Waals surface area contributed by atoms with E-state index in [-0.39, 0.29) is 11.5 Å². The van der Waals surface area contributed by atoms with E-state index in [1.807, 2.05) is 25.1 Å². The summed E-state index contributed by atoms with van der Waals surface area (Å²) in [6.45, 7) is 2.30. The van der Waals surface area contributed by atoms with Crippen LogP contribution in [-0.4, -0.2) is 27.5 Å². The van der Waals surface area contributed by atoms with E-state index < -0.39 is 5.82 Å². The molecule has 2 amide bonds. The van der Waals surface area contributed by atoms with E-state index in [9.17, 15) is 4.79 Å². The Hall–Kier alpha value is -3.39. The van der Waals surface area contributed by atoms with E-state index >= 15 is 4.39 Å². The maximum absolute atomic E-state index is 15.3. The van der Waals surface area contributed by atoms with Gasteiger partial charge in [0.25, 0.3) is 0 Å². The van der Waals surface area contributed by atoms with Crippen molar-refractivity contribution in [3.63, 3.8) is 0 Å². The molecule has 2 N–H and O–H groups in total. The van der Waals surface area contributed by atoms with Crippen molar-refractivity contribution < 1.29 is 9.18 Å². The van der Waals surface area contributed by atoms with Crippen LogP contribution >= 0.6 is 11.3 Å². The Morgan fingerprint density at radius 3 is 2.79 bits per heavy atom. The Morgan fingerprint density at radius 2 is 2.07 bits per heavy atom. The normalized spacial score (nSPS) is 10.8. The number of urea groups is 1. The molecule has 0 unspecified atom stereocenters. The lowest BCUT2D eigenvalue weighted by molar-refractivity contribution is 0.252. The van der Waals surface area contributed by atoms with E-state index in [4.69, 9.17) is 0 Å². The maximum Gasteiger partial charge on any atom is 0.321 e. The van der Waals surface area contributed by atoms with Gasteiger partial charge in [-0.25, -0.2) is 14.2 Å². The highest BCUT2D eigenvalue weighted by molar-refractivity contribution is 7.22. The van der Waals surface area contributed by atoms with E-state index in [1.165, 1.54) is 11.3 Å². The first kappa shape index (κ1) is 18.0. The molecule has 0 bridgehead atoms. The van der Waals surface area contributed by atoms with Crippen molar-refractivity contribution in [1.82, 2.24) is 20.3 Å². The SMILES string of the molecule is CCNC(=O)Nc1nc2c(F)c(-c3cccnc3)cc(-c3ccccn3)c2s1. The smallest absolute Gasteiger partial charge is 0.321 e. The van der Waals surface area contributed by atoms with Gasteiger partial charge in [-0.3, -0.25) is 15.3 Å². The average Bonchev–Trinajstić information content (AvgIpc) is 3.14. The van der Waals surface area contributed by atoms with Gasteiger partial charge >= 0.3 is 6.03 Å². The summed E-state index contributed by atoms with van der Waals surface area (Å²) in [5, 5.41) is 5.61. The van der Waals surface area contributed by atoms with Gasteiger partial charge in [-0.15, -0.1) is 0 Å². The molecule has 0 fully saturated rings. The minimum Gasteiger partial charge on any atom is -0.338 e. The molecule has 0 atom stereocenters. The van der Waals surface area contributed by atoms with Crippen molar-refractivity contribution in [3.8, 4) is 22.4 Å². The molecule has 4 rings (SSSR count). The van der Waals surface area contributed by atoms with Crippen LogP contribution < -0.4 is 10.6 Å². The maximum atomic E-state index is 15.3. The van der Waals surface area contributed by atoms with Crippen LogP contribution in [0.25, 0.3) is 32.6 Å². The number of nitrogens with zero attached hydrogens (tertiary/aromatic N) is 3. The van der Waals surface area contributed by atoms with Gasteiger partial charge in [-0.1, -0.05) is 23.5 Å². The van der Waals surface area contributed by atoms with Gasteiger partial charge in [-0.2, -0.15) is 0 Å². The summed E-state index contributed by atoms with van der Waals surface area (Å²) in [4.78, 5) is 24.7. The van der Waals surface area contributed by atoms with Crippen LogP contribution in [0.2, 0.25) is 0 Å². The van der Waals surface area contributed by atoms with Gasteiger partial charge in [0.05, 0.1) is 10.4 Å². The number of hydrogen-bond donors (Lipinski definition) is 2. The molecule has 0 aliphatic carbocycles. The molecule has 0 aliphatic rings. The zero-order valence-corrected chi connectivity index (χ0v) is 15.8. The van der Waals surface area contributed by atoms with Gasteiger partial charge in [0, 0.05) is 41.8 Å². The Bertz CT molecular complexity index is 1130. The number of nitrogens with one attached hydrogen (secondary N) is 2. The summed E-state index contributed by atoms with van der Waals surface area (Å²) in [5.41, 5.74) is 2.67. The zero-order chi connectivity index (χ0) is 19.5. The topological polar surface area (TPSA) is 79.8 Å². The number of amides is 2. The standard InChI is InChI=1S/C20H16FN5OS/c1-2-23-19(27)26-20-25-17-16(21)13(12-6-5-8-22-11-12)10-14(18(17)28-20)15-7-3-4-9-24-15/h3-11H,2H2,1H3,(H2,23,25,26,27). The van der Waals surface area contributed by atoms with E-state index in [0.717, 1.165) is 5.56 Å². The number of thiazole rings is 1. The van der Waals surface area contributed by atoms with Crippen molar-refractivity contribution in [2.75, 3.05) is 11.9 Å². The largest absolute Gasteiger partial charge is 0.338 e. The summed E-state index contributed by atoms with van der Waals surface area (Å²) < 4.78 is 15.9. The third-order valence-corrected chi connectivity index (χ3v) is 5.08. The second-order valence-electron chi connectivity index (χ2n) is 5.92. The molecular weight excluding hydrogens is 377 g/mol. The number of benzene rings is 1. The lowest BCUT2D eigenvalue weighted by atomic mass is 10.0. The first-order valence-electron chi connectivity index (χ1n) is 8.67. The molecule has 28 heavy (non-hydrogen) atoms. The molecule has 3 aromatic heterocycles. The Balaban J connectivity index is 1.93. The number of anilines is 1. The number of rotatable bonds is 4. The summed E-state index contributed by atoms with van der Waals surface area (Å²) in [6.07, 6.45) is 4.92. The Kier molecular flexibility index (Phi) is 4.94. The quantitative estimate of drug-likeness (QED) is 0.527. The number of hydrogen-bond acceptors (Lipinski definition) is 5. The van der Waals surface area contributed by atoms with Crippen molar-refractivity contribution >= 4 is 32.7 Å². The molecule has 0 radical (unpaired) electrons. The molecule has 4 aromatic rings. The fourth-order valence-electron chi connectivity index (χ4n) is 2.85. The highest BCUT2D eigenvalue weighted by atomic mass is 32.1. The van der Waals surface area contributed by atoms with Crippen LogP contribution in [-0.2, 0) is 0 Å². The first-order chi connectivity index (χ1) is 13.7. The van der Waals surface area contributed by atoms with Crippen LogP contribution in [0.3, 0.4) is 0 Å². The molecule has 0 saturated carbocycles. The first-order valence-corrected chi connectivity index (χ1v) is 9.48. The lowest BCUT2D eigenvalue weighted by Crippen LogP contribution is -2.28. The average molecular weight is 393 g/mol. The highest BCUT2D eigenvalue weighted by Crippen LogP contribution is 2.40. The highest BCUT2D eigenvalue weighted by Gasteiger charge is 2.20. The van der Waals surface area contributed by atoms with Gasteiger partial charge in [0.15, 0.2) is 10.9 Å².